The minimum absolute atomic E-state index is 0.000000000000000444. The third kappa shape index (κ3) is 56.4. The number of halogens is 12. The van der Waals surface area contributed by atoms with Crippen molar-refractivity contribution in [1.29, 1.82) is 0 Å². The van der Waals surface area contributed by atoms with E-state index in [1.165, 1.54) is 73.1 Å². The summed E-state index contributed by atoms with van der Waals surface area (Å²) in [5.74, 6) is 5.22. The normalized spacial score (nSPS) is 8.79. The first-order chi connectivity index (χ1) is 50.1. The van der Waals surface area contributed by atoms with E-state index in [-0.39, 0.29) is 87.4 Å². The molecule has 42 nitrogen and oxygen atoms in total. The number of aryl methyl sites for hydroxylation is 3. The molecule has 14 N–H and O–H groups in total. The van der Waals surface area contributed by atoms with Crippen LogP contribution in [-0.2, 0) is 0 Å². The van der Waals surface area contributed by atoms with Crippen LogP contribution < -0.4 is 68.0 Å². The fourth-order valence-corrected chi connectivity index (χ4v) is 7.60. The van der Waals surface area contributed by atoms with Crippen molar-refractivity contribution >= 4 is 211 Å². The van der Waals surface area contributed by atoms with E-state index in [1.54, 1.807) is 55.5 Å². The van der Waals surface area contributed by atoms with E-state index in [1.807, 2.05) is 26.4 Å². The van der Waals surface area contributed by atoms with E-state index in [0.717, 1.165) is 25.2 Å². The minimum atomic E-state index is 0.000000000000000444. The highest BCUT2D eigenvalue weighted by atomic mass is 35.5. The van der Waals surface area contributed by atoms with Crippen LogP contribution in [0, 0.1) is 20.8 Å². The average molecular weight is 1780 g/mol. The van der Waals surface area contributed by atoms with Crippen molar-refractivity contribution in [2.45, 2.75) is 31.1 Å². The average Bonchev–Trinajstić information content (AvgIpc) is 0.914. The Hall–Kier alpha value is -6.58. The van der Waals surface area contributed by atoms with Gasteiger partial charge in [-0.05, 0) is 200 Å². The molecule has 0 aromatic carbocycles. The largest absolute Gasteiger partial charge is 0.467 e. The predicted octanol–water partition coefficient (Wildman–Crippen LogP) is 7.83. The lowest BCUT2D eigenvalue weighted by atomic mass is 10.7. The van der Waals surface area contributed by atoms with Crippen molar-refractivity contribution in [3.8, 4) is 24.0 Å². The summed E-state index contributed by atoms with van der Waals surface area (Å²) in [5, 5.41) is 32.7. The smallest absolute Gasteiger partial charge is 0.323 e. The standard InChI is InChI=1S/C6H11N5.C6H10N4S.C6H9N3O2.C5H8ClN5.C5H7ClN4S.C5H6ClN3O2.3C3Cl3N3.3CH5N.2CH4O.CH4S/c1-4-9-5(7-2)11-6(8-3)10-4;1-4-8-5(7-2)10-6(9-4)11-3;1-4-7-5(10-2)9-6(8-4)11-3;1-7-4-9-3(6)10-5(8-2)11-4;1-7-4-8-3(6)9-5(10-4)11-2;1-10-4-7-3(6)8-5(9-4)11-2;3*4-1-7-2(5)9-3(6)8-1;6*1-2/h1-3H3,(H2,7,8,9,10,11);1-3H3,(H,7,8,9,10);1-3H3;1-2H3,(H2,7,8,9,10,11);1-2H3,(H,7,8,9,10);1-2H3;;;;3*2H2,1H3;3*2H,1H3. The number of hydrogen-bond donors (Lipinski definition) is 12. The Balaban J connectivity index is -0.000000258. The van der Waals surface area contributed by atoms with Crippen LogP contribution in [0.4, 0.5) is 35.7 Å². The van der Waals surface area contributed by atoms with Gasteiger partial charge in [0.1, 0.15) is 17.5 Å². The highest BCUT2D eigenvalue weighted by molar-refractivity contribution is 7.98. The molecular formula is C48H78Cl12N36O6S3. The van der Waals surface area contributed by atoms with Gasteiger partial charge in [-0.25, -0.2) is 4.98 Å². The molecule has 9 aromatic rings. The zero-order valence-corrected chi connectivity index (χ0v) is 71.2. The molecule has 9 heterocycles. The Morgan fingerprint density at radius 3 is 0.667 bits per heavy atom. The van der Waals surface area contributed by atoms with Gasteiger partial charge < -0.3 is 78.3 Å². The summed E-state index contributed by atoms with van der Waals surface area (Å²) in [7, 11) is 22.9. The molecule has 0 fully saturated rings. The predicted molar refractivity (Wildman–Crippen MR) is 421 cm³/mol. The molecule has 105 heavy (non-hydrogen) atoms. The van der Waals surface area contributed by atoms with Gasteiger partial charge in [0.2, 0.25) is 99.1 Å². The number of hydrogen-bond acceptors (Lipinski definition) is 45. The van der Waals surface area contributed by atoms with Crippen LogP contribution >= 0.6 is 175 Å². The quantitative estimate of drug-likeness (QED) is 0.0409. The maximum Gasteiger partial charge on any atom is 0.323 e. The molecule has 0 radical (unpaired) electrons. The van der Waals surface area contributed by atoms with Gasteiger partial charge in [0.05, 0.1) is 28.4 Å². The number of aliphatic hydroxyl groups is 2. The molecule has 0 saturated carbocycles. The first-order valence-electron chi connectivity index (χ1n) is 27.1. The SMILES string of the molecule is CN.CN.CN.CNc1nc(C)nc(NC)n1.CNc1nc(C)nc(SC)n1.CNc1nc(Cl)nc(NC)n1.CNc1nc(Cl)nc(SC)n1.CO.CO.COc1nc(C)nc(OC)n1.COc1nc(Cl)nc(OC)n1.CS.Clc1nc(Cl)nc(Cl)n1.Clc1nc(Cl)nc(Cl)n1.Clc1nc(Cl)nc(Cl)n1. The summed E-state index contributed by atoms with van der Waals surface area (Å²) in [6, 6.07) is 0.826. The molecule has 0 saturated heterocycles. The van der Waals surface area contributed by atoms with Crippen molar-refractivity contribution in [2.75, 3.05) is 157 Å². The number of anilines is 6. The van der Waals surface area contributed by atoms with Gasteiger partial charge in [0.15, 0.2) is 10.3 Å². The Morgan fingerprint density at radius 1 is 0.257 bits per heavy atom. The number of thiol groups is 1. The summed E-state index contributed by atoms with van der Waals surface area (Å²) in [4.78, 5) is 101. The molecule has 0 amide bonds. The van der Waals surface area contributed by atoms with Crippen molar-refractivity contribution in [2.24, 2.45) is 17.2 Å². The van der Waals surface area contributed by atoms with Gasteiger partial charge in [0, 0.05) is 56.5 Å². The van der Waals surface area contributed by atoms with E-state index in [0.29, 0.717) is 52.5 Å². The molecule has 0 spiro atoms. The van der Waals surface area contributed by atoms with Crippen LogP contribution in [0.3, 0.4) is 0 Å². The summed E-state index contributed by atoms with van der Waals surface area (Å²) in [6.45, 7) is 5.42. The number of nitrogens with one attached hydrogen (secondary N) is 6. The summed E-state index contributed by atoms with van der Waals surface area (Å²) < 4.78 is 19.0. The number of nitrogens with two attached hydrogens (primary N) is 3. The van der Waals surface area contributed by atoms with E-state index >= 15 is 0 Å². The third-order valence-electron chi connectivity index (χ3n) is 8.04. The third-order valence-corrected chi connectivity index (χ3v) is 11.2. The summed E-state index contributed by atoms with van der Waals surface area (Å²) in [6.07, 6.45) is 5.51. The number of ether oxygens (including phenoxy) is 4. The van der Waals surface area contributed by atoms with Gasteiger partial charge in [-0.15, -0.1) is 9.97 Å². The van der Waals surface area contributed by atoms with Gasteiger partial charge in [-0.3, -0.25) is 0 Å². The first-order valence-corrected chi connectivity index (χ1v) is 35.0. The highest BCUT2D eigenvalue weighted by Crippen LogP contribution is 2.16. The van der Waals surface area contributed by atoms with Crippen LogP contribution in [0.25, 0.3) is 0 Å². The summed E-state index contributed by atoms with van der Waals surface area (Å²) in [5.41, 5.74) is 13.5. The Bertz CT molecular complexity index is 2910. The van der Waals surface area contributed by atoms with Crippen molar-refractivity contribution in [3.05, 3.63) is 80.9 Å². The number of rotatable bonds is 12. The summed E-state index contributed by atoms with van der Waals surface area (Å²) >= 11 is 71.0. The lowest BCUT2D eigenvalue weighted by Gasteiger charge is -2.01. The second kappa shape index (κ2) is 70.4. The van der Waals surface area contributed by atoms with Gasteiger partial charge in [-0.1, -0.05) is 23.5 Å². The van der Waals surface area contributed by atoms with Crippen molar-refractivity contribution in [1.82, 2.24) is 135 Å². The molecule has 0 aliphatic heterocycles. The van der Waals surface area contributed by atoms with Gasteiger partial charge in [0.25, 0.3) is 0 Å². The van der Waals surface area contributed by atoms with Crippen LogP contribution in [0.2, 0.25) is 63.4 Å². The van der Waals surface area contributed by atoms with Gasteiger partial charge >= 0.3 is 24.0 Å². The Kier molecular flexibility index (Phi) is 73.3. The molecule has 57 heteroatoms. The Morgan fingerprint density at radius 2 is 0.429 bits per heavy atom. The number of thioether (sulfide) groups is 2. The number of aromatic nitrogens is 27. The van der Waals surface area contributed by atoms with E-state index in [9.17, 15) is 0 Å². The van der Waals surface area contributed by atoms with Crippen LogP contribution in [0.5, 0.6) is 24.0 Å². The maximum absolute atomic E-state index is 7.00. The van der Waals surface area contributed by atoms with Gasteiger partial charge in [-0.2, -0.15) is 132 Å². The molecule has 0 aliphatic rings. The second-order valence-corrected chi connectivity index (χ2v) is 19.9. The lowest BCUT2D eigenvalue weighted by molar-refractivity contribution is 0.337. The first kappa shape index (κ1) is 109. The van der Waals surface area contributed by atoms with Crippen molar-refractivity contribution in [3.63, 3.8) is 0 Å². The van der Waals surface area contributed by atoms with E-state index < -0.39 is 0 Å². The maximum atomic E-state index is 7.00. The van der Waals surface area contributed by atoms with E-state index in [4.69, 9.17) is 168 Å². The zero-order chi connectivity index (χ0) is 82.2. The van der Waals surface area contributed by atoms with Crippen LogP contribution in [-0.4, -0.2) is 270 Å². The molecule has 9 rings (SSSR count). The monoisotopic (exact) mass is 1770 g/mol. The second-order valence-electron chi connectivity index (χ2n) is 14.3. The molecule has 588 valence electrons. The highest BCUT2D eigenvalue weighted by Gasteiger charge is 2.07. The molecule has 0 aliphatic carbocycles. The number of aliphatic hydroxyl groups excluding tert-OH is 2. The molecule has 9 aromatic heterocycles. The van der Waals surface area contributed by atoms with Crippen LogP contribution in [0.1, 0.15) is 17.5 Å². The van der Waals surface area contributed by atoms with Crippen LogP contribution in [0.15, 0.2) is 10.3 Å². The Labute approximate surface area is 679 Å². The number of methoxy groups -OCH3 is 4. The molecule has 0 atom stereocenters. The minimum Gasteiger partial charge on any atom is -0.467 e. The molecule has 0 unspecified atom stereocenters. The topological polar surface area (TPSA) is 576 Å². The fraction of sp³-hybridized carbons (Fsp3) is 0.438. The fourth-order valence-electron chi connectivity index (χ4n) is 4.50. The van der Waals surface area contributed by atoms with Crippen molar-refractivity contribution < 1.29 is 29.2 Å². The molecular weight excluding hydrogens is 1700 g/mol. The van der Waals surface area contributed by atoms with E-state index in [2.05, 4.69) is 196 Å². The lowest BCUT2D eigenvalue weighted by Crippen LogP contribution is -2.04. The molecule has 0 bridgehead atoms. The zero-order valence-electron chi connectivity index (χ0n) is 59.6. The number of nitrogens with zero attached hydrogens (tertiary/aromatic N) is 27.